The molecule has 2 aromatic carbocycles. The number of amides is 1. The van der Waals surface area contributed by atoms with E-state index in [1.54, 1.807) is 12.1 Å². The van der Waals surface area contributed by atoms with Gasteiger partial charge in [-0.3, -0.25) is 9.69 Å². The van der Waals surface area contributed by atoms with Crippen LogP contribution in [0, 0.1) is 17.0 Å². The number of hydrogen-bond acceptors (Lipinski definition) is 3. The zero-order valence-electron chi connectivity index (χ0n) is 17.7. The third-order valence-electron chi connectivity index (χ3n) is 5.59. The molecule has 4 nitrogen and oxygen atoms in total. The first-order valence-electron chi connectivity index (χ1n) is 10.5. The van der Waals surface area contributed by atoms with Gasteiger partial charge in [0, 0.05) is 38.1 Å². The standard InChI is InChI=1S/C24H30F2N2O2/c1-24(2,12-3-17-30-22-10-8-21(26)9-11-22)23(29)28-15-13-27(14-16-28)18-19-4-6-20(25)7-5-19/h4-11H,3,12-18H2,1-2H3. The Balaban J connectivity index is 1.40. The lowest BCUT2D eigenvalue weighted by atomic mass is 9.86. The van der Waals surface area contributed by atoms with Gasteiger partial charge in [-0.25, -0.2) is 8.78 Å². The third-order valence-corrected chi connectivity index (χ3v) is 5.59. The number of hydrogen-bond donors (Lipinski definition) is 0. The van der Waals surface area contributed by atoms with Gasteiger partial charge >= 0.3 is 0 Å². The summed E-state index contributed by atoms with van der Waals surface area (Å²) < 4.78 is 31.6. The van der Waals surface area contributed by atoms with Crippen molar-refractivity contribution in [3.63, 3.8) is 0 Å². The van der Waals surface area contributed by atoms with E-state index < -0.39 is 5.41 Å². The fourth-order valence-electron chi connectivity index (χ4n) is 3.73. The van der Waals surface area contributed by atoms with Crippen LogP contribution in [0.4, 0.5) is 8.78 Å². The molecule has 0 N–H and O–H groups in total. The van der Waals surface area contributed by atoms with Crippen LogP contribution in [0.15, 0.2) is 48.5 Å². The summed E-state index contributed by atoms with van der Waals surface area (Å²) in [6.07, 6.45) is 1.48. The number of rotatable bonds is 8. The second kappa shape index (κ2) is 10.0. The monoisotopic (exact) mass is 416 g/mol. The van der Waals surface area contributed by atoms with Crippen LogP contribution in [0.3, 0.4) is 0 Å². The third kappa shape index (κ3) is 6.26. The molecule has 1 fully saturated rings. The lowest BCUT2D eigenvalue weighted by molar-refractivity contribution is -0.142. The molecule has 30 heavy (non-hydrogen) atoms. The van der Waals surface area contributed by atoms with Gasteiger partial charge < -0.3 is 9.64 Å². The zero-order chi connectivity index (χ0) is 21.6. The average Bonchev–Trinajstić information content (AvgIpc) is 2.74. The van der Waals surface area contributed by atoms with Crippen LogP contribution in [0.25, 0.3) is 0 Å². The predicted molar refractivity (Wildman–Crippen MR) is 113 cm³/mol. The Morgan fingerprint density at radius 1 is 0.933 bits per heavy atom. The predicted octanol–water partition coefficient (Wildman–Crippen LogP) is 4.49. The topological polar surface area (TPSA) is 32.8 Å². The number of carbonyl (C=O) groups excluding carboxylic acids is 1. The molecule has 0 bridgehead atoms. The van der Waals surface area contributed by atoms with Crippen molar-refractivity contribution in [3.05, 3.63) is 65.7 Å². The van der Waals surface area contributed by atoms with Gasteiger partial charge in [-0.1, -0.05) is 26.0 Å². The molecule has 0 unspecified atom stereocenters. The highest BCUT2D eigenvalue weighted by Crippen LogP contribution is 2.26. The van der Waals surface area contributed by atoms with E-state index in [0.717, 1.165) is 38.0 Å². The van der Waals surface area contributed by atoms with Crippen LogP contribution in [-0.4, -0.2) is 48.5 Å². The number of halogens is 2. The van der Waals surface area contributed by atoms with Crippen molar-refractivity contribution in [2.24, 2.45) is 5.41 Å². The summed E-state index contributed by atoms with van der Waals surface area (Å²) in [6.45, 7) is 8.27. The first-order valence-corrected chi connectivity index (χ1v) is 10.5. The first-order chi connectivity index (χ1) is 14.3. The second-order valence-electron chi connectivity index (χ2n) is 8.48. The van der Waals surface area contributed by atoms with Crippen LogP contribution in [0.2, 0.25) is 0 Å². The molecule has 1 amide bonds. The van der Waals surface area contributed by atoms with Crippen molar-refractivity contribution in [2.45, 2.75) is 33.2 Å². The van der Waals surface area contributed by atoms with Crippen molar-refractivity contribution in [2.75, 3.05) is 32.8 Å². The average molecular weight is 417 g/mol. The highest BCUT2D eigenvalue weighted by molar-refractivity contribution is 5.82. The molecule has 1 heterocycles. The van der Waals surface area contributed by atoms with E-state index >= 15 is 0 Å². The van der Waals surface area contributed by atoms with Crippen molar-refractivity contribution in [1.29, 1.82) is 0 Å². The van der Waals surface area contributed by atoms with Crippen molar-refractivity contribution < 1.29 is 18.3 Å². The minimum atomic E-state index is -0.453. The van der Waals surface area contributed by atoms with Gasteiger partial charge in [0.2, 0.25) is 5.91 Å². The number of benzene rings is 2. The molecule has 2 aromatic rings. The Labute approximate surface area is 177 Å². The van der Waals surface area contributed by atoms with Gasteiger partial charge in [-0.15, -0.1) is 0 Å². The normalized spacial score (nSPS) is 15.3. The molecule has 0 aliphatic carbocycles. The lowest BCUT2D eigenvalue weighted by Crippen LogP contribution is -2.51. The second-order valence-corrected chi connectivity index (χ2v) is 8.48. The van der Waals surface area contributed by atoms with Gasteiger partial charge in [-0.05, 0) is 54.8 Å². The van der Waals surface area contributed by atoms with E-state index in [1.807, 2.05) is 30.9 Å². The van der Waals surface area contributed by atoms with Crippen molar-refractivity contribution in [3.8, 4) is 5.75 Å². The first kappa shape index (κ1) is 22.2. The molecule has 1 aliphatic rings. The maximum atomic E-state index is 13.0. The summed E-state index contributed by atoms with van der Waals surface area (Å²) in [4.78, 5) is 17.2. The lowest BCUT2D eigenvalue weighted by Gasteiger charge is -2.38. The van der Waals surface area contributed by atoms with E-state index in [1.165, 1.54) is 24.3 Å². The van der Waals surface area contributed by atoms with E-state index in [-0.39, 0.29) is 17.5 Å². The Morgan fingerprint density at radius 3 is 2.10 bits per heavy atom. The molecule has 0 saturated carbocycles. The molecule has 0 atom stereocenters. The molecule has 162 valence electrons. The number of nitrogens with zero attached hydrogens (tertiary/aromatic N) is 2. The smallest absolute Gasteiger partial charge is 0.228 e. The van der Waals surface area contributed by atoms with E-state index in [2.05, 4.69) is 4.90 Å². The quantitative estimate of drug-likeness (QED) is 0.595. The van der Waals surface area contributed by atoms with Crippen LogP contribution < -0.4 is 4.74 Å². The maximum absolute atomic E-state index is 13.0. The van der Waals surface area contributed by atoms with Gasteiger partial charge in [0.05, 0.1) is 6.61 Å². The summed E-state index contributed by atoms with van der Waals surface area (Å²) in [5.74, 6) is 0.301. The fraction of sp³-hybridized carbons (Fsp3) is 0.458. The summed E-state index contributed by atoms with van der Waals surface area (Å²) in [5.41, 5.74) is 0.628. The number of piperazine rings is 1. The van der Waals surface area contributed by atoms with E-state index in [0.29, 0.717) is 25.4 Å². The van der Waals surface area contributed by atoms with Gasteiger partial charge in [0.15, 0.2) is 0 Å². The van der Waals surface area contributed by atoms with Crippen LogP contribution in [-0.2, 0) is 11.3 Å². The molecule has 0 aromatic heterocycles. The van der Waals surface area contributed by atoms with Crippen molar-refractivity contribution in [1.82, 2.24) is 9.80 Å². The molecular weight excluding hydrogens is 386 g/mol. The van der Waals surface area contributed by atoms with Crippen LogP contribution in [0.1, 0.15) is 32.3 Å². The van der Waals surface area contributed by atoms with Gasteiger partial charge in [0.25, 0.3) is 0 Å². The number of ether oxygens (including phenoxy) is 1. The molecule has 1 aliphatic heterocycles. The van der Waals surface area contributed by atoms with E-state index in [4.69, 9.17) is 4.74 Å². The number of carbonyl (C=O) groups is 1. The largest absolute Gasteiger partial charge is 0.494 e. The summed E-state index contributed by atoms with van der Waals surface area (Å²) >= 11 is 0. The highest BCUT2D eigenvalue weighted by Gasteiger charge is 2.33. The minimum Gasteiger partial charge on any atom is -0.494 e. The Bertz CT molecular complexity index is 814. The highest BCUT2D eigenvalue weighted by atomic mass is 19.1. The summed E-state index contributed by atoms with van der Waals surface area (Å²) in [6, 6.07) is 12.5. The molecule has 6 heteroatoms. The van der Waals surface area contributed by atoms with Crippen molar-refractivity contribution >= 4 is 5.91 Å². The van der Waals surface area contributed by atoms with Gasteiger partial charge in [-0.2, -0.15) is 0 Å². The van der Waals surface area contributed by atoms with E-state index in [9.17, 15) is 13.6 Å². The van der Waals surface area contributed by atoms with Crippen LogP contribution in [0.5, 0.6) is 5.75 Å². The molecule has 3 rings (SSSR count). The van der Waals surface area contributed by atoms with Gasteiger partial charge in [0.1, 0.15) is 17.4 Å². The molecule has 1 saturated heterocycles. The Hall–Kier alpha value is -2.47. The molecular formula is C24H30F2N2O2. The zero-order valence-corrected chi connectivity index (χ0v) is 17.7. The Kier molecular flexibility index (Phi) is 7.43. The summed E-state index contributed by atoms with van der Waals surface area (Å²) in [7, 11) is 0. The fourth-order valence-corrected chi connectivity index (χ4v) is 3.73. The van der Waals surface area contributed by atoms with Crippen LogP contribution >= 0.6 is 0 Å². The molecule has 0 radical (unpaired) electrons. The Morgan fingerprint density at radius 2 is 1.50 bits per heavy atom. The minimum absolute atomic E-state index is 0.172. The summed E-state index contributed by atoms with van der Waals surface area (Å²) in [5, 5.41) is 0. The maximum Gasteiger partial charge on any atom is 0.228 e. The SMILES string of the molecule is CC(C)(CCCOc1ccc(F)cc1)C(=O)N1CCN(Cc2ccc(F)cc2)CC1. The molecule has 0 spiro atoms.